The molecule has 3 heterocycles. The summed E-state index contributed by atoms with van der Waals surface area (Å²) in [5.74, 6) is 0.548. The summed E-state index contributed by atoms with van der Waals surface area (Å²) in [5.41, 5.74) is 6.18. The molecule has 1 aromatic rings. The minimum absolute atomic E-state index is 0.548. The van der Waals surface area contributed by atoms with E-state index in [0.29, 0.717) is 5.82 Å². The van der Waals surface area contributed by atoms with Gasteiger partial charge in [-0.2, -0.15) is 0 Å². The zero-order valence-corrected chi connectivity index (χ0v) is 13.4. The summed E-state index contributed by atoms with van der Waals surface area (Å²) >= 11 is 0. The topological polar surface area (TPSA) is 68.9 Å². The van der Waals surface area contributed by atoms with Gasteiger partial charge in [0.1, 0.15) is 5.82 Å². The van der Waals surface area contributed by atoms with Crippen LogP contribution in [-0.2, 0) is 0 Å². The Hall–Kier alpha value is -1.37. The van der Waals surface area contributed by atoms with Crippen molar-refractivity contribution in [3.63, 3.8) is 0 Å². The van der Waals surface area contributed by atoms with Crippen molar-refractivity contribution in [1.82, 2.24) is 14.8 Å². The second-order valence-corrected chi connectivity index (χ2v) is 6.73. The van der Waals surface area contributed by atoms with Crippen LogP contribution in [0.2, 0.25) is 0 Å². The van der Waals surface area contributed by atoms with Gasteiger partial charge in [0.15, 0.2) is 0 Å². The van der Waals surface area contributed by atoms with Crippen molar-refractivity contribution < 1.29 is 5.11 Å². The number of hydrogen-bond acceptors (Lipinski definition) is 6. The van der Waals surface area contributed by atoms with Crippen molar-refractivity contribution in [3.05, 3.63) is 18.3 Å². The van der Waals surface area contributed by atoms with Crippen LogP contribution in [0.5, 0.6) is 0 Å². The fraction of sp³-hybridized carbons (Fsp3) is 0.688. The van der Waals surface area contributed by atoms with Gasteiger partial charge in [0.2, 0.25) is 0 Å². The van der Waals surface area contributed by atoms with E-state index in [1.165, 1.54) is 0 Å². The summed E-state index contributed by atoms with van der Waals surface area (Å²) in [5, 5.41) is 10.9. The largest absolute Gasteiger partial charge is 0.388 e. The Kier molecular flexibility index (Phi) is 4.52. The molecule has 2 aliphatic rings. The second-order valence-electron chi connectivity index (χ2n) is 6.73. The lowest BCUT2D eigenvalue weighted by Gasteiger charge is -2.43. The number of aromatic nitrogens is 1. The van der Waals surface area contributed by atoms with E-state index in [9.17, 15) is 5.11 Å². The fourth-order valence-electron chi connectivity index (χ4n) is 3.35. The second kappa shape index (κ2) is 6.40. The maximum Gasteiger partial charge on any atom is 0.123 e. The normalized spacial score (nSPS) is 23.6. The molecule has 122 valence electrons. The number of hydrogen-bond donors (Lipinski definition) is 2. The average Bonchev–Trinajstić information content (AvgIpc) is 2.51. The van der Waals surface area contributed by atoms with Gasteiger partial charge in [-0.25, -0.2) is 4.98 Å². The summed E-state index contributed by atoms with van der Waals surface area (Å²) in [7, 11) is 2.16. The Morgan fingerprint density at radius 1 is 1.14 bits per heavy atom. The van der Waals surface area contributed by atoms with Crippen LogP contribution in [0.15, 0.2) is 18.3 Å². The third kappa shape index (κ3) is 3.69. The van der Waals surface area contributed by atoms with Crippen LogP contribution in [0.3, 0.4) is 0 Å². The molecule has 0 atom stereocenters. The molecule has 2 aliphatic heterocycles. The highest BCUT2D eigenvalue weighted by atomic mass is 16.3. The van der Waals surface area contributed by atoms with Crippen molar-refractivity contribution in [2.45, 2.75) is 18.4 Å². The van der Waals surface area contributed by atoms with Crippen LogP contribution >= 0.6 is 0 Å². The zero-order chi connectivity index (χ0) is 15.6. The van der Waals surface area contributed by atoms with Crippen LogP contribution in [0, 0.1) is 0 Å². The molecule has 0 aliphatic carbocycles. The number of anilines is 2. The van der Waals surface area contributed by atoms with Gasteiger partial charge in [-0.05, 0) is 32.0 Å². The van der Waals surface area contributed by atoms with Gasteiger partial charge in [0.05, 0.1) is 17.5 Å². The molecule has 1 aromatic heterocycles. The van der Waals surface area contributed by atoms with Crippen LogP contribution < -0.4 is 10.6 Å². The third-order valence-corrected chi connectivity index (χ3v) is 4.94. The highest BCUT2D eigenvalue weighted by Crippen LogP contribution is 2.27. The smallest absolute Gasteiger partial charge is 0.123 e. The summed E-state index contributed by atoms with van der Waals surface area (Å²) in [4.78, 5) is 11.2. The lowest BCUT2D eigenvalue weighted by atomic mass is 9.90. The van der Waals surface area contributed by atoms with E-state index < -0.39 is 5.60 Å². The van der Waals surface area contributed by atoms with Gasteiger partial charge in [0, 0.05) is 45.8 Å². The molecule has 2 fully saturated rings. The van der Waals surface area contributed by atoms with E-state index in [4.69, 9.17) is 5.73 Å². The summed E-state index contributed by atoms with van der Waals surface area (Å²) in [6.07, 6.45) is 3.44. The molecular formula is C16H27N5O. The van der Waals surface area contributed by atoms with E-state index in [1.54, 1.807) is 0 Å². The molecule has 3 N–H and O–H groups in total. The number of nitrogen functional groups attached to an aromatic ring is 1. The monoisotopic (exact) mass is 305 g/mol. The first-order valence-corrected chi connectivity index (χ1v) is 8.14. The summed E-state index contributed by atoms with van der Waals surface area (Å²) in [6, 6.07) is 3.84. The van der Waals surface area contributed by atoms with Crippen LogP contribution in [0.1, 0.15) is 12.8 Å². The molecule has 0 bridgehead atoms. The standard InChI is InChI=1S/C16H27N5O/c1-19-8-10-20(11-9-19)13-16(22)4-6-21(7-5-16)14-2-3-15(17)18-12-14/h2-3,12,22H,4-11,13H2,1H3,(H2,17,18). The first-order valence-electron chi connectivity index (χ1n) is 8.14. The quantitative estimate of drug-likeness (QED) is 0.834. The SMILES string of the molecule is CN1CCN(CC2(O)CCN(c3ccc(N)nc3)CC2)CC1. The molecule has 0 spiro atoms. The highest BCUT2D eigenvalue weighted by molar-refractivity contribution is 5.48. The molecule has 0 saturated carbocycles. The minimum atomic E-state index is -0.548. The number of nitrogens with zero attached hydrogens (tertiary/aromatic N) is 4. The molecule has 6 heteroatoms. The van der Waals surface area contributed by atoms with E-state index in [1.807, 2.05) is 18.3 Å². The average molecular weight is 305 g/mol. The predicted molar refractivity (Wildman–Crippen MR) is 89.0 cm³/mol. The fourth-order valence-corrected chi connectivity index (χ4v) is 3.35. The maximum atomic E-state index is 10.9. The number of piperidine rings is 1. The molecular weight excluding hydrogens is 278 g/mol. The van der Waals surface area contributed by atoms with E-state index in [0.717, 1.165) is 64.3 Å². The Bertz CT molecular complexity index is 476. The van der Waals surface area contributed by atoms with Gasteiger partial charge < -0.3 is 20.6 Å². The van der Waals surface area contributed by atoms with Crippen molar-refractivity contribution in [2.75, 3.05) is 63.5 Å². The predicted octanol–water partition coefficient (Wildman–Crippen LogP) is 0.243. The van der Waals surface area contributed by atoms with Gasteiger partial charge >= 0.3 is 0 Å². The lowest BCUT2D eigenvalue weighted by Crippen LogP contribution is -2.54. The Morgan fingerprint density at radius 3 is 2.41 bits per heavy atom. The number of piperazine rings is 1. The van der Waals surface area contributed by atoms with Crippen LogP contribution in [-0.4, -0.2) is 78.4 Å². The van der Waals surface area contributed by atoms with Crippen molar-refractivity contribution in [1.29, 1.82) is 0 Å². The Labute approximate surface area is 132 Å². The minimum Gasteiger partial charge on any atom is -0.388 e. The maximum absolute atomic E-state index is 10.9. The molecule has 0 unspecified atom stereocenters. The zero-order valence-electron chi connectivity index (χ0n) is 13.4. The molecule has 3 rings (SSSR count). The number of pyridine rings is 1. The van der Waals surface area contributed by atoms with Gasteiger partial charge in [-0.3, -0.25) is 4.90 Å². The number of β-amino-alcohol motifs (C(OH)–C–C–N with tert-alkyl or cyclic N) is 1. The van der Waals surface area contributed by atoms with Crippen molar-refractivity contribution >= 4 is 11.5 Å². The summed E-state index contributed by atoms with van der Waals surface area (Å²) in [6.45, 7) is 6.85. The first-order chi connectivity index (χ1) is 10.5. The van der Waals surface area contributed by atoms with Crippen LogP contribution in [0.25, 0.3) is 0 Å². The van der Waals surface area contributed by atoms with E-state index in [2.05, 4.69) is 26.7 Å². The van der Waals surface area contributed by atoms with E-state index in [-0.39, 0.29) is 0 Å². The number of rotatable bonds is 3. The van der Waals surface area contributed by atoms with Gasteiger partial charge in [-0.1, -0.05) is 0 Å². The van der Waals surface area contributed by atoms with E-state index >= 15 is 0 Å². The van der Waals surface area contributed by atoms with Crippen LogP contribution in [0.4, 0.5) is 11.5 Å². The first kappa shape index (κ1) is 15.5. The Morgan fingerprint density at radius 2 is 1.82 bits per heavy atom. The van der Waals surface area contributed by atoms with Gasteiger partial charge in [0.25, 0.3) is 0 Å². The molecule has 2 saturated heterocycles. The molecule has 6 nitrogen and oxygen atoms in total. The summed E-state index contributed by atoms with van der Waals surface area (Å²) < 4.78 is 0. The molecule has 22 heavy (non-hydrogen) atoms. The molecule has 0 radical (unpaired) electrons. The number of likely N-dealkylation sites (N-methyl/N-ethyl adjacent to an activating group) is 1. The third-order valence-electron chi connectivity index (χ3n) is 4.94. The molecule has 0 amide bonds. The number of aliphatic hydroxyl groups is 1. The molecule has 0 aromatic carbocycles. The van der Waals surface area contributed by atoms with Gasteiger partial charge in [-0.15, -0.1) is 0 Å². The Balaban J connectivity index is 1.52. The lowest BCUT2D eigenvalue weighted by molar-refractivity contribution is -0.0250. The number of nitrogens with two attached hydrogens (primary N) is 1. The van der Waals surface area contributed by atoms with Crippen molar-refractivity contribution in [3.8, 4) is 0 Å². The highest BCUT2D eigenvalue weighted by Gasteiger charge is 2.34. The van der Waals surface area contributed by atoms with Crippen molar-refractivity contribution in [2.24, 2.45) is 0 Å².